The van der Waals surface area contributed by atoms with Crippen molar-refractivity contribution in [2.45, 2.75) is 19.4 Å². The molecule has 2 fully saturated rings. The summed E-state index contributed by atoms with van der Waals surface area (Å²) in [4.78, 5) is 21.0. The van der Waals surface area contributed by atoms with Gasteiger partial charge >= 0.3 is 0 Å². The number of carbonyl (C=O) groups is 1. The first kappa shape index (κ1) is 14.4. The van der Waals surface area contributed by atoms with Gasteiger partial charge in [0.15, 0.2) is 0 Å². The van der Waals surface area contributed by atoms with E-state index in [1.54, 1.807) is 17.1 Å². The number of carbonyl (C=O) groups excluding carboxylic acids is 1. The average molecular weight is 311 g/mol. The minimum Gasteiger partial charge on any atom is -0.309 e. The van der Waals surface area contributed by atoms with Crippen molar-refractivity contribution >= 4 is 11.6 Å². The fraction of sp³-hybridized carbons (Fsp3) is 0.471. The lowest BCUT2D eigenvalue weighted by Gasteiger charge is -2.23. The number of nitrogens with zero attached hydrogens (tertiary/aromatic N) is 5. The lowest BCUT2D eigenvalue weighted by molar-refractivity contribution is -0.117. The number of hydrogen-bond donors (Lipinski definition) is 0. The van der Waals surface area contributed by atoms with Crippen LogP contribution in [0.3, 0.4) is 0 Å². The second-order valence-corrected chi connectivity index (χ2v) is 6.85. The number of aromatic nitrogens is 3. The van der Waals surface area contributed by atoms with E-state index < -0.39 is 0 Å². The van der Waals surface area contributed by atoms with Gasteiger partial charge in [-0.2, -0.15) is 5.10 Å². The van der Waals surface area contributed by atoms with Gasteiger partial charge in [-0.15, -0.1) is 0 Å². The molecule has 2 aromatic heterocycles. The van der Waals surface area contributed by atoms with E-state index >= 15 is 0 Å². The lowest BCUT2D eigenvalue weighted by Crippen LogP contribution is -2.31. The van der Waals surface area contributed by atoms with E-state index in [1.165, 1.54) is 5.56 Å². The van der Waals surface area contributed by atoms with Crippen molar-refractivity contribution in [1.29, 1.82) is 0 Å². The fourth-order valence-corrected chi connectivity index (χ4v) is 3.86. The molecule has 4 rings (SSSR count). The second kappa shape index (κ2) is 5.45. The number of aryl methyl sites for hydroxylation is 1. The van der Waals surface area contributed by atoms with Gasteiger partial charge in [-0.3, -0.25) is 19.4 Å². The topological polar surface area (TPSA) is 54.3 Å². The van der Waals surface area contributed by atoms with Gasteiger partial charge in [-0.1, -0.05) is 6.07 Å². The zero-order chi connectivity index (χ0) is 15.9. The maximum Gasteiger partial charge on any atom is 0.227 e. The molecule has 0 N–H and O–H groups in total. The summed E-state index contributed by atoms with van der Waals surface area (Å²) < 4.78 is 1.75. The van der Waals surface area contributed by atoms with E-state index in [0.717, 1.165) is 38.3 Å². The molecule has 2 aliphatic rings. The van der Waals surface area contributed by atoms with Gasteiger partial charge in [-0.25, -0.2) is 0 Å². The molecule has 0 aromatic carbocycles. The summed E-state index contributed by atoms with van der Waals surface area (Å²) >= 11 is 0. The number of anilines is 1. The fourth-order valence-electron chi connectivity index (χ4n) is 3.86. The first-order valence-electron chi connectivity index (χ1n) is 8.04. The van der Waals surface area contributed by atoms with E-state index in [0.29, 0.717) is 6.42 Å². The van der Waals surface area contributed by atoms with Crippen molar-refractivity contribution in [3.63, 3.8) is 0 Å². The third-order valence-corrected chi connectivity index (χ3v) is 4.97. The van der Waals surface area contributed by atoms with E-state index in [2.05, 4.69) is 21.0 Å². The smallest absolute Gasteiger partial charge is 0.227 e. The Hall–Kier alpha value is -2.21. The third-order valence-electron chi connectivity index (χ3n) is 4.97. The van der Waals surface area contributed by atoms with Crippen LogP contribution in [0.1, 0.15) is 18.4 Å². The molecule has 0 radical (unpaired) electrons. The molecule has 120 valence electrons. The highest BCUT2D eigenvalue weighted by Crippen LogP contribution is 2.42. The predicted octanol–water partition coefficient (Wildman–Crippen LogP) is 1.44. The number of hydrogen-bond acceptors (Lipinski definition) is 4. The summed E-state index contributed by atoms with van der Waals surface area (Å²) in [6.07, 6.45) is 9.14. The van der Waals surface area contributed by atoms with Crippen molar-refractivity contribution in [2.24, 2.45) is 12.5 Å². The number of rotatable bonds is 3. The van der Waals surface area contributed by atoms with Gasteiger partial charge in [0.05, 0.1) is 11.9 Å². The van der Waals surface area contributed by atoms with Crippen LogP contribution in [-0.2, 0) is 18.4 Å². The van der Waals surface area contributed by atoms with Crippen LogP contribution in [0.25, 0.3) is 0 Å². The standard InChI is InChI=1S/C17H21N5O/c1-20-11-15(9-19-20)22-13-17(7-16(22)23)4-6-21(12-17)10-14-3-2-5-18-8-14/h2-3,5,8-9,11H,4,6-7,10,12-13H2,1H3/t17-/m1/s1. The maximum absolute atomic E-state index is 12.5. The monoisotopic (exact) mass is 311 g/mol. The van der Waals surface area contributed by atoms with E-state index in [1.807, 2.05) is 30.4 Å². The highest BCUT2D eigenvalue weighted by Gasteiger charge is 2.47. The van der Waals surface area contributed by atoms with Gasteiger partial charge < -0.3 is 4.90 Å². The predicted molar refractivity (Wildman–Crippen MR) is 86.7 cm³/mol. The maximum atomic E-state index is 12.5. The summed E-state index contributed by atoms with van der Waals surface area (Å²) in [5.74, 6) is 0.223. The van der Waals surface area contributed by atoms with Crippen molar-refractivity contribution in [3.05, 3.63) is 42.5 Å². The molecule has 6 nitrogen and oxygen atoms in total. The van der Waals surface area contributed by atoms with Crippen molar-refractivity contribution in [2.75, 3.05) is 24.5 Å². The summed E-state index contributed by atoms with van der Waals surface area (Å²) in [5, 5.41) is 4.19. The van der Waals surface area contributed by atoms with Crippen LogP contribution in [0.4, 0.5) is 5.69 Å². The van der Waals surface area contributed by atoms with Crippen LogP contribution in [0.2, 0.25) is 0 Å². The van der Waals surface area contributed by atoms with E-state index in [9.17, 15) is 4.79 Å². The van der Waals surface area contributed by atoms with Crippen LogP contribution < -0.4 is 4.90 Å². The van der Waals surface area contributed by atoms with Crippen LogP contribution in [-0.4, -0.2) is 45.2 Å². The molecule has 23 heavy (non-hydrogen) atoms. The van der Waals surface area contributed by atoms with Crippen LogP contribution in [0, 0.1) is 5.41 Å². The molecule has 1 spiro atoms. The first-order valence-corrected chi connectivity index (χ1v) is 8.04. The van der Waals surface area contributed by atoms with Gasteiger partial charge in [0.1, 0.15) is 0 Å². The average Bonchev–Trinajstić information content (AvgIpc) is 3.21. The number of likely N-dealkylation sites (tertiary alicyclic amines) is 1. The molecule has 2 aromatic rings. The Kier molecular flexibility index (Phi) is 3.41. The Balaban J connectivity index is 1.45. The number of pyridine rings is 1. The molecular formula is C17H21N5O. The summed E-state index contributed by atoms with van der Waals surface area (Å²) in [5.41, 5.74) is 2.24. The molecule has 0 unspecified atom stereocenters. The normalized spacial score (nSPS) is 24.9. The molecular weight excluding hydrogens is 290 g/mol. The second-order valence-electron chi connectivity index (χ2n) is 6.85. The molecule has 0 bridgehead atoms. The number of amides is 1. The van der Waals surface area contributed by atoms with Gasteiger partial charge in [-0.05, 0) is 24.6 Å². The molecule has 2 saturated heterocycles. The minimum absolute atomic E-state index is 0.0924. The molecule has 0 saturated carbocycles. The van der Waals surface area contributed by atoms with Gasteiger partial charge in [0.25, 0.3) is 0 Å². The minimum atomic E-state index is 0.0924. The lowest BCUT2D eigenvalue weighted by atomic mass is 9.86. The van der Waals surface area contributed by atoms with Gasteiger partial charge in [0, 0.05) is 57.1 Å². The molecule has 0 aliphatic carbocycles. The van der Waals surface area contributed by atoms with E-state index in [-0.39, 0.29) is 11.3 Å². The zero-order valence-electron chi connectivity index (χ0n) is 13.4. The summed E-state index contributed by atoms with van der Waals surface area (Å²) in [6, 6.07) is 4.09. The summed E-state index contributed by atoms with van der Waals surface area (Å²) in [7, 11) is 1.88. The van der Waals surface area contributed by atoms with Crippen molar-refractivity contribution in [1.82, 2.24) is 19.7 Å². The Bertz CT molecular complexity index is 713. The van der Waals surface area contributed by atoms with Crippen LogP contribution in [0.5, 0.6) is 0 Å². The quantitative estimate of drug-likeness (QED) is 0.861. The molecule has 2 aliphatic heterocycles. The molecule has 1 atom stereocenters. The highest BCUT2D eigenvalue weighted by molar-refractivity contribution is 5.96. The molecule has 6 heteroatoms. The first-order chi connectivity index (χ1) is 11.1. The third kappa shape index (κ3) is 2.74. The Morgan fingerprint density at radius 2 is 2.22 bits per heavy atom. The summed E-state index contributed by atoms with van der Waals surface area (Å²) in [6.45, 7) is 3.74. The SMILES string of the molecule is Cn1cc(N2C[C@]3(CCN(Cc4cccnc4)C3)CC2=O)cn1. The largest absolute Gasteiger partial charge is 0.309 e. The molecule has 4 heterocycles. The Labute approximate surface area is 135 Å². The van der Waals surface area contributed by atoms with Crippen molar-refractivity contribution < 1.29 is 4.79 Å². The van der Waals surface area contributed by atoms with Crippen molar-refractivity contribution in [3.8, 4) is 0 Å². The highest BCUT2D eigenvalue weighted by atomic mass is 16.2. The molecule has 1 amide bonds. The van der Waals surface area contributed by atoms with Crippen LogP contribution >= 0.6 is 0 Å². The Morgan fingerprint density at radius 1 is 1.30 bits per heavy atom. The van der Waals surface area contributed by atoms with Gasteiger partial charge in [0.2, 0.25) is 5.91 Å². The zero-order valence-corrected chi connectivity index (χ0v) is 13.4. The Morgan fingerprint density at radius 3 is 2.96 bits per heavy atom. The van der Waals surface area contributed by atoms with Crippen LogP contribution in [0.15, 0.2) is 36.9 Å². The van der Waals surface area contributed by atoms with E-state index in [4.69, 9.17) is 0 Å².